The number of aromatic nitrogens is 1. The second-order valence-electron chi connectivity index (χ2n) is 12.8. The maximum atomic E-state index is 6.45. The van der Waals surface area contributed by atoms with E-state index >= 15 is 0 Å². The van der Waals surface area contributed by atoms with E-state index in [-0.39, 0.29) is 0 Å². The highest BCUT2D eigenvalue weighted by Gasteiger charge is 2.21. The van der Waals surface area contributed by atoms with Gasteiger partial charge in [-0.25, -0.2) is 0 Å². The molecular weight excluding hydrogens is 609 g/mol. The van der Waals surface area contributed by atoms with Gasteiger partial charge in [0.1, 0.15) is 11.2 Å². The predicted molar refractivity (Wildman–Crippen MR) is 210 cm³/mol. The van der Waals surface area contributed by atoms with Crippen LogP contribution in [0.15, 0.2) is 187 Å². The van der Waals surface area contributed by atoms with Gasteiger partial charge in [-0.3, -0.25) is 4.98 Å². The van der Waals surface area contributed by atoms with Gasteiger partial charge in [0.25, 0.3) is 0 Å². The van der Waals surface area contributed by atoms with E-state index < -0.39 is 0 Å². The molecule has 0 N–H and O–H groups in total. The molecule has 0 saturated carbocycles. The number of para-hydroxylation sites is 1. The summed E-state index contributed by atoms with van der Waals surface area (Å²) in [7, 11) is 0. The Morgan fingerprint density at radius 1 is 0.420 bits per heavy atom. The van der Waals surface area contributed by atoms with E-state index in [9.17, 15) is 0 Å². The maximum absolute atomic E-state index is 6.45. The van der Waals surface area contributed by atoms with Crippen LogP contribution in [0.2, 0.25) is 0 Å². The van der Waals surface area contributed by atoms with E-state index in [1.165, 1.54) is 43.8 Å². The topological polar surface area (TPSA) is 29.3 Å². The highest BCUT2D eigenvalue weighted by Crippen LogP contribution is 2.45. The van der Waals surface area contributed by atoms with E-state index in [0.717, 1.165) is 49.9 Å². The van der Waals surface area contributed by atoms with E-state index in [0.29, 0.717) is 0 Å². The minimum absolute atomic E-state index is 0.857. The number of furan rings is 1. The van der Waals surface area contributed by atoms with Crippen molar-refractivity contribution in [3.05, 3.63) is 182 Å². The number of pyridine rings is 1. The van der Waals surface area contributed by atoms with Crippen molar-refractivity contribution in [1.82, 2.24) is 4.98 Å². The summed E-state index contributed by atoms with van der Waals surface area (Å²) in [5.41, 5.74) is 10.5. The van der Waals surface area contributed by atoms with Gasteiger partial charge in [-0.2, -0.15) is 0 Å². The molecule has 0 saturated heterocycles. The summed E-state index contributed by atoms with van der Waals surface area (Å²) < 4.78 is 6.45. The van der Waals surface area contributed by atoms with Gasteiger partial charge < -0.3 is 9.32 Å². The van der Waals surface area contributed by atoms with Gasteiger partial charge >= 0.3 is 0 Å². The number of hydrogen-bond donors (Lipinski definition) is 0. The second kappa shape index (κ2) is 11.5. The van der Waals surface area contributed by atoms with Gasteiger partial charge in [-0.15, -0.1) is 0 Å². The third-order valence-electron chi connectivity index (χ3n) is 9.89. The normalized spacial score (nSPS) is 11.6. The third-order valence-corrected chi connectivity index (χ3v) is 9.89. The zero-order valence-corrected chi connectivity index (χ0v) is 27.1. The van der Waals surface area contributed by atoms with Crippen LogP contribution in [-0.2, 0) is 0 Å². The van der Waals surface area contributed by atoms with Crippen molar-refractivity contribution < 1.29 is 4.42 Å². The molecule has 3 heteroatoms. The van der Waals surface area contributed by atoms with Crippen LogP contribution in [-0.4, -0.2) is 4.98 Å². The predicted octanol–water partition coefficient (Wildman–Crippen LogP) is 13.2. The Morgan fingerprint density at radius 2 is 1.02 bits per heavy atom. The van der Waals surface area contributed by atoms with E-state index in [2.05, 4.69) is 163 Å². The van der Waals surface area contributed by atoms with Crippen molar-refractivity contribution in [2.75, 3.05) is 4.90 Å². The van der Waals surface area contributed by atoms with E-state index in [1.807, 2.05) is 24.4 Å². The smallest absolute Gasteiger partial charge is 0.144 e. The number of rotatable bonds is 5. The number of anilines is 3. The van der Waals surface area contributed by atoms with E-state index in [1.54, 1.807) is 0 Å². The van der Waals surface area contributed by atoms with Crippen molar-refractivity contribution in [2.45, 2.75) is 0 Å². The van der Waals surface area contributed by atoms with Crippen molar-refractivity contribution in [3.8, 4) is 22.3 Å². The van der Waals surface area contributed by atoms with Crippen LogP contribution >= 0.6 is 0 Å². The molecule has 8 aromatic carbocycles. The fourth-order valence-corrected chi connectivity index (χ4v) is 7.52. The summed E-state index contributed by atoms with van der Waals surface area (Å²) in [4.78, 5) is 7.29. The molecule has 0 aliphatic heterocycles. The van der Waals surface area contributed by atoms with Crippen LogP contribution in [0.5, 0.6) is 0 Å². The van der Waals surface area contributed by atoms with Gasteiger partial charge in [0.2, 0.25) is 0 Å². The molecule has 0 unspecified atom stereocenters. The average Bonchev–Trinajstić information content (AvgIpc) is 3.57. The molecule has 2 heterocycles. The molecule has 0 spiro atoms. The molecule has 0 bridgehead atoms. The van der Waals surface area contributed by atoms with Crippen LogP contribution < -0.4 is 4.90 Å². The number of fused-ring (bicyclic) bond motifs is 8. The van der Waals surface area contributed by atoms with Crippen LogP contribution in [0.4, 0.5) is 17.1 Å². The molecule has 0 aliphatic carbocycles. The zero-order chi connectivity index (χ0) is 33.0. The molecule has 0 fully saturated rings. The van der Waals surface area contributed by atoms with Crippen molar-refractivity contribution in [3.63, 3.8) is 0 Å². The number of nitrogens with zero attached hydrogens (tertiary/aromatic N) is 2. The fourth-order valence-electron chi connectivity index (χ4n) is 7.52. The molecule has 10 rings (SSSR count). The van der Waals surface area contributed by atoms with Crippen LogP contribution in [0.25, 0.3) is 76.6 Å². The zero-order valence-electron chi connectivity index (χ0n) is 27.1. The lowest BCUT2D eigenvalue weighted by Gasteiger charge is -2.27. The average molecular weight is 639 g/mol. The monoisotopic (exact) mass is 638 g/mol. The van der Waals surface area contributed by atoms with Gasteiger partial charge in [0.05, 0.1) is 11.2 Å². The van der Waals surface area contributed by atoms with Gasteiger partial charge in [0, 0.05) is 33.7 Å². The first-order valence-electron chi connectivity index (χ1n) is 17.0. The Balaban J connectivity index is 1.18. The lowest BCUT2D eigenvalue weighted by Crippen LogP contribution is -2.11. The van der Waals surface area contributed by atoms with E-state index in [4.69, 9.17) is 9.40 Å². The lowest BCUT2D eigenvalue weighted by atomic mass is 9.93. The summed E-state index contributed by atoms with van der Waals surface area (Å²) in [5.74, 6) is 0. The highest BCUT2D eigenvalue weighted by atomic mass is 16.3. The fraction of sp³-hybridized carbons (Fsp3) is 0. The van der Waals surface area contributed by atoms with Gasteiger partial charge in [-0.1, -0.05) is 121 Å². The molecule has 2 aromatic heterocycles. The number of benzene rings is 8. The summed E-state index contributed by atoms with van der Waals surface area (Å²) in [6, 6.07) is 62.6. The molecule has 0 aliphatic rings. The van der Waals surface area contributed by atoms with Crippen LogP contribution in [0.1, 0.15) is 0 Å². The molecule has 50 heavy (non-hydrogen) atoms. The molecule has 0 radical (unpaired) electrons. The molecular formula is C47H30N2O. The summed E-state index contributed by atoms with van der Waals surface area (Å²) in [6.45, 7) is 0. The maximum Gasteiger partial charge on any atom is 0.144 e. The first kappa shape index (κ1) is 28.3. The Morgan fingerprint density at radius 3 is 1.80 bits per heavy atom. The van der Waals surface area contributed by atoms with Crippen LogP contribution in [0, 0.1) is 0 Å². The summed E-state index contributed by atoms with van der Waals surface area (Å²) in [6.07, 6.45) is 1.87. The summed E-state index contributed by atoms with van der Waals surface area (Å²) >= 11 is 0. The van der Waals surface area contributed by atoms with Crippen molar-refractivity contribution in [2.24, 2.45) is 0 Å². The molecule has 0 atom stereocenters. The largest absolute Gasteiger partial charge is 0.455 e. The highest BCUT2D eigenvalue weighted by molar-refractivity contribution is 6.19. The standard InChI is InChI=1S/C47H30N2O/c1-2-11-31(12-3-1)32-20-24-35(25-21-32)49(44-30-43-40-17-8-9-19-45(40)50-47(43)41-18-10-28-48-46(41)44)36-26-22-33(23-27-36)42-29-34-13-4-5-14-37(34)38-15-6-7-16-39(38)42/h1-30H. The Labute approximate surface area is 289 Å². The Bertz CT molecular complexity index is 2850. The number of hydrogen-bond acceptors (Lipinski definition) is 3. The third kappa shape index (κ3) is 4.56. The lowest BCUT2D eigenvalue weighted by molar-refractivity contribution is 0.672. The van der Waals surface area contributed by atoms with Crippen molar-refractivity contribution >= 4 is 71.4 Å². The molecule has 3 nitrogen and oxygen atoms in total. The van der Waals surface area contributed by atoms with Crippen molar-refractivity contribution in [1.29, 1.82) is 0 Å². The second-order valence-corrected chi connectivity index (χ2v) is 12.8. The summed E-state index contributed by atoms with van der Waals surface area (Å²) in [5, 5.41) is 8.18. The Kier molecular flexibility index (Phi) is 6.49. The minimum Gasteiger partial charge on any atom is -0.455 e. The molecule has 0 amide bonds. The van der Waals surface area contributed by atoms with Gasteiger partial charge in [-0.05, 0) is 98.4 Å². The minimum atomic E-state index is 0.857. The SMILES string of the molecule is c1ccc(-c2ccc(N(c3ccc(-c4cc5ccccc5c5ccccc45)cc3)c3cc4c5ccccc5oc4c4cccnc34)cc2)cc1. The van der Waals surface area contributed by atoms with Crippen LogP contribution in [0.3, 0.4) is 0 Å². The van der Waals surface area contributed by atoms with Gasteiger partial charge in [0.15, 0.2) is 0 Å². The first-order valence-corrected chi connectivity index (χ1v) is 17.0. The quantitative estimate of drug-likeness (QED) is 0.176. The molecule has 10 aromatic rings. The first-order chi connectivity index (χ1) is 24.8. The Hall–Kier alpha value is -6.71. The molecule has 234 valence electrons.